The normalized spacial score (nSPS) is 18.0. The van der Waals surface area contributed by atoms with Gasteiger partial charge in [-0.25, -0.2) is 0 Å². The van der Waals surface area contributed by atoms with Crippen molar-refractivity contribution in [1.82, 2.24) is 4.90 Å². The van der Waals surface area contributed by atoms with Crippen LogP contribution in [0.2, 0.25) is 0 Å². The van der Waals surface area contributed by atoms with Gasteiger partial charge in [-0.1, -0.05) is 18.3 Å². The smallest absolute Gasteiger partial charge is 0.0680 e. The minimum absolute atomic E-state index is 1.07. The molecule has 0 spiro atoms. The van der Waals surface area contributed by atoms with Crippen molar-refractivity contribution in [2.24, 2.45) is 0 Å². The van der Waals surface area contributed by atoms with Crippen LogP contribution >= 0.6 is 12.2 Å². The monoisotopic (exact) mass is 113 g/mol. The molecule has 0 saturated carbocycles. The van der Waals surface area contributed by atoms with Gasteiger partial charge in [0.25, 0.3) is 0 Å². The van der Waals surface area contributed by atoms with Gasteiger partial charge < -0.3 is 4.90 Å². The molecule has 0 saturated heterocycles. The molecule has 1 aliphatic heterocycles. The van der Waals surface area contributed by atoms with E-state index in [1.807, 2.05) is 11.1 Å². The number of hydrogen-bond donors (Lipinski definition) is 0. The zero-order valence-corrected chi connectivity index (χ0v) is 4.82. The van der Waals surface area contributed by atoms with E-state index in [1.165, 1.54) is 0 Å². The Kier molecular flexibility index (Phi) is 1.42. The molecule has 0 aromatic heterocycles. The standard InChI is InChI=1S/C5H7NS/c7-5-6-3-1-2-4-6/h1,3,5H,2,4H2. The summed E-state index contributed by atoms with van der Waals surface area (Å²) in [6, 6.07) is 0. The average Bonchev–Trinajstić information content (AvgIpc) is 2.14. The molecular formula is C5H7NS. The fourth-order valence-corrected chi connectivity index (χ4v) is 0.772. The second-order valence-electron chi connectivity index (χ2n) is 1.52. The first-order valence-corrected chi connectivity index (χ1v) is 2.78. The van der Waals surface area contributed by atoms with Gasteiger partial charge in [-0.3, -0.25) is 0 Å². The Balaban J connectivity index is 2.42. The van der Waals surface area contributed by atoms with Crippen molar-refractivity contribution in [3.05, 3.63) is 12.3 Å². The molecular weight excluding hydrogens is 106 g/mol. The Morgan fingerprint density at radius 3 is 2.86 bits per heavy atom. The van der Waals surface area contributed by atoms with E-state index in [0.29, 0.717) is 0 Å². The SMILES string of the molecule is S=CN1C=CCC1. The lowest BCUT2D eigenvalue weighted by Gasteiger charge is -2.03. The first-order valence-electron chi connectivity index (χ1n) is 2.31. The molecule has 38 valence electrons. The van der Waals surface area contributed by atoms with Crippen LogP contribution in [0.5, 0.6) is 0 Å². The molecule has 0 aliphatic carbocycles. The van der Waals surface area contributed by atoms with Crippen molar-refractivity contribution in [2.75, 3.05) is 6.54 Å². The molecule has 0 aromatic rings. The van der Waals surface area contributed by atoms with Gasteiger partial charge in [0.15, 0.2) is 0 Å². The first kappa shape index (κ1) is 4.78. The Labute approximate surface area is 48.6 Å². The Hall–Kier alpha value is -0.370. The van der Waals surface area contributed by atoms with E-state index >= 15 is 0 Å². The Morgan fingerprint density at radius 1 is 1.71 bits per heavy atom. The summed E-state index contributed by atoms with van der Waals surface area (Å²) in [5.74, 6) is 0. The average molecular weight is 113 g/mol. The molecule has 0 N–H and O–H groups in total. The molecule has 0 amide bonds. The summed E-state index contributed by atoms with van der Waals surface area (Å²) in [7, 11) is 0. The van der Waals surface area contributed by atoms with Crippen LogP contribution in [0.25, 0.3) is 0 Å². The van der Waals surface area contributed by atoms with Crippen LogP contribution in [0.4, 0.5) is 0 Å². The van der Waals surface area contributed by atoms with E-state index in [1.54, 1.807) is 5.49 Å². The van der Waals surface area contributed by atoms with Gasteiger partial charge in [0.2, 0.25) is 0 Å². The van der Waals surface area contributed by atoms with Crippen LogP contribution < -0.4 is 0 Å². The second kappa shape index (κ2) is 2.07. The minimum atomic E-state index is 1.07. The third-order valence-corrected chi connectivity index (χ3v) is 1.26. The van der Waals surface area contributed by atoms with E-state index in [-0.39, 0.29) is 0 Å². The minimum Gasteiger partial charge on any atom is -0.345 e. The second-order valence-corrected chi connectivity index (χ2v) is 1.73. The van der Waals surface area contributed by atoms with E-state index in [0.717, 1.165) is 13.0 Å². The van der Waals surface area contributed by atoms with Gasteiger partial charge in [-0.05, 0) is 6.42 Å². The molecule has 2 heteroatoms. The molecule has 1 heterocycles. The predicted octanol–water partition coefficient (Wildman–Crippen LogP) is 1.16. The van der Waals surface area contributed by atoms with E-state index in [9.17, 15) is 0 Å². The third kappa shape index (κ3) is 0.996. The summed E-state index contributed by atoms with van der Waals surface area (Å²) in [6.45, 7) is 1.07. The molecule has 0 fully saturated rings. The highest BCUT2D eigenvalue weighted by molar-refractivity contribution is 7.78. The summed E-state index contributed by atoms with van der Waals surface area (Å²) in [6.07, 6.45) is 5.27. The van der Waals surface area contributed by atoms with Crippen molar-refractivity contribution in [2.45, 2.75) is 6.42 Å². The summed E-state index contributed by atoms with van der Waals surface area (Å²) >= 11 is 4.66. The summed E-state index contributed by atoms with van der Waals surface area (Å²) < 4.78 is 0. The van der Waals surface area contributed by atoms with Crippen molar-refractivity contribution < 1.29 is 0 Å². The van der Waals surface area contributed by atoms with Crippen LogP contribution in [0.3, 0.4) is 0 Å². The molecule has 0 atom stereocenters. The molecule has 1 nitrogen and oxygen atoms in total. The topological polar surface area (TPSA) is 3.24 Å². The van der Waals surface area contributed by atoms with Gasteiger partial charge in [-0.2, -0.15) is 0 Å². The number of hydrogen-bond acceptors (Lipinski definition) is 1. The fraction of sp³-hybridized carbons (Fsp3) is 0.400. The molecule has 7 heavy (non-hydrogen) atoms. The predicted molar refractivity (Wildman–Crippen MR) is 34.1 cm³/mol. The maximum atomic E-state index is 4.66. The third-order valence-electron chi connectivity index (χ3n) is 0.986. The number of thiocarbonyl (C=S) groups is 1. The maximum absolute atomic E-state index is 4.66. The zero-order valence-electron chi connectivity index (χ0n) is 4.00. The van der Waals surface area contributed by atoms with Crippen LogP contribution in [-0.4, -0.2) is 16.9 Å². The fourth-order valence-electron chi connectivity index (χ4n) is 0.596. The maximum Gasteiger partial charge on any atom is 0.0680 e. The summed E-state index contributed by atoms with van der Waals surface area (Å²) in [5.41, 5.74) is 1.67. The lowest BCUT2D eigenvalue weighted by Crippen LogP contribution is -2.08. The summed E-state index contributed by atoms with van der Waals surface area (Å²) in [5, 5.41) is 0. The van der Waals surface area contributed by atoms with Gasteiger partial charge in [0.05, 0.1) is 5.49 Å². The van der Waals surface area contributed by atoms with Crippen molar-refractivity contribution in [3.63, 3.8) is 0 Å². The van der Waals surface area contributed by atoms with Crippen molar-refractivity contribution >= 4 is 17.7 Å². The molecule has 0 radical (unpaired) electrons. The van der Waals surface area contributed by atoms with Crippen LogP contribution in [0.15, 0.2) is 12.3 Å². The Bertz CT molecular complexity index is 98.3. The van der Waals surface area contributed by atoms with Crippen molar-refractivity contribution in [3.8, 4) is 0 Å². The highest BCUT2D eigenvalue weighted by atomic mass is 32.1. The first-order chi connectivity index (χ1) is 3.43. The quantitative estimate of drug-likeness (QED) is 0.469. The highest BCUT2D eigenvalue weighted by Crippen LogP contribution is 1.99. The van der Waals surface area contributed by atoms with E-state index in [4.69, 9.17) is 0 Å². The molecule has 0 aromatic carbocycles. The number of nitrogens with zero attached hydrogens (tertiary/aromatic N) is 1. The van der Waals surface area contributed by atoms with Crippen molar-refractivity contribution in [1.29, 1.82) is 0 Å². The van der Waals surface area contributed by atoms with Gasteiger partial charge in [0.1, 0.15) is 0 Å². The molecule has 0 bridgehead atoms. The Morgan fingerprint density at radius 2 is 2.57 bits per heavy atom. The van der Waals surface area contributed by atoms with Crippen LogP contribution in [0, 0.1) is 0 Å². The molecule has 0 unspecified atom stereocenters. The number of rotatable bonds is 1. The van der Waals surface area contributed by atoms with Gasteiger partial charge in [0, 0.05) is 12.7 Å². The molecule has 1 aliphatic rings. The van der Waals surface area contributed by atoms with E-state index in [2.05, 4.69) is 18.3 Å². The highest BCUT2D eigenvalue weighted by Gasteiger charge is 1.96. The lowest BCUT2D eigenvalue weighted by atomic mass is 10.5. The van der Waals surface area contributed by atoms with Crippen LogP contribution in [0.1, 0.15) is 6.42 Å². The van der Waals surface area contributed by atoms with Crippen LogP contribution in [-0.2, 0) is 0 Å². The summed E-state index contributed by atoms with van der Waals surface area (Å²) in [4.78, 5) is 2.00. The lowest BCUT2D eigenvalue weighted by molar-refractivity contribution is 0.629. The largest absolute Gasteiger partial charge is 0.345 e. The van der Waals surface area contributed by atoms with E-state index < -0.39 is 0 Å². The zero-order chi connectivity index (χ0) is 5.11. The van der Waals surface area contributed by atoms with Gasteiger partial charge in [-0.15, -0.1) is 0 Å². The van der Waals surface area contributed by atoms with Gasteiger partial charge >= 0.3 is 0 Å². The molecule has 1 rings (SSSR count).